The Kier molecular flexibility index (Phi) is 19.9. The third-order valence-corrected chi connectivity index (χ3v) is 8.32. The van der Waals surface area contributed by atoms with Gasteiger partial charge in [-0.15, -0.1) is 0 Å². The van der Waals surface area contributed by atoms with Gasteiger partial charge in [-0.2, -0.15) is 4.98 Å². The standard InChI is InChI=1S/C35H54BrN5O7/c1-3-4-24-48-32(42)27-46-23-9-21-44-19-5-6-20-45-22-10-25-47-30-15-13-29(14-16-30)39-35-38-26-31(36)33(40-35)37-17-8-18-41(2)34(43)28-11-7-12-28/h13-16,26,28H,3-12,17-25,27H2,1-2H3,(H2,37,38,39,40). The van der Waals surface area contributed by atoms with Gasteiger partial charge in [0.25, 0.3) is 0 Å². The zero-order valence-corrected chi connectivity index (χ0v) is 30.3. The van der Waals surface area contributed by atoms with E-state index in [-0.39, 0.29) is 24.4 Å². The van der Waals surface area contributed by atoms with E-state index in [1.54, 1.807) is 6.20 Å². The molecule has 268 valence electrons. The summed E-state index contributed by atoms with van der Waals surface area (Å²) in [6.45, 7) is 7.63. The Bertz CT molecular complexity index is 1190. The van der Waals surface area contributed by atoms with Crippen molar-refractivity contribution in [1.29, 1.82) is 0 Å². The number of anilines is 3. The van der Waals surface area contributed by atoms with Crippen molar-refractivity contribution in [2.45, 2.75) is 71.1 Å². The van der Waals surface area contributed by atoms with Gasteiger partial charge in [-0.3, -0.25) is 4.79 Å². The number of benzene rings is 1. The molecule has 1 amide bonds. The van der Waals surface area contributed by atoms with Gasteiger partial charge in [0.2, 0.25) is 11.9 Å². The molecule has 1 aromatic carbocycles. The van der Waals surface area contributed by atoms with Crippen molar-refractivity contribution in [3.63, 3.8) is 0 Å². The van der Waals surface area contributed by atoms with E-state index in [9.17, 15) is 9.59 Å². The molecule has 1 aromatic heterocycles. The number of hydrogen-bond donors (Lipinski definition) is 2. The average Bonchev–Trinajstić information content (AvgIpc) is 3.06. The Morgan fingerprint density at radius 2 is 1.58 bits per heavy atom. The van der Waals surface area contributed by atoms with Crippen LogP contribution >= 0.6 is 15.9 Å². The van der Waals surface area contributed by atoms with Crippen LogP contribution in [0.2, 0.25) is 0 Å². The van der Waals surface area contributed by atoms with Crippen molar-refractivity contribution < 1.29 is 33.3 Å². The zero-order valence-electron chi connectivity index (χ0n) is 28.7. The van der Waals surface area contributed by atoms with Crippen LogP contribution in [0.3, 0.4) is 0 Å². The average molecular weight is 737 g/mol. The number of nitrogens with zero attached hydrogens (tertiary/aromatic N) is 3. The minimum atomic E-state index is -0.305. The third-order valence-electron chi connectivity index (χ3n) is 7.74. The van der Waals surface area contributed by atoms with E-state index >= 15 is 0 Å². The summed E-state index contributed by atoms with van der Waals surface area (Å²) in [5.74, 6) is 2.16. The van der Waals surface area contributed by atoms with Crippen LogP contribution < -0.4 is 15.4 Å². The predicted molar refractivity (Wildman–Crippen MR) is 190 cm³/mol. The van der Waals surface area contributed by atoms with Crippen molar-refractivity contribution in [2.24, 2.45) is 5.92 Å². The number of halogens is 1. The lowest BCUT2D eigenvalue weighted by Crippen LogP contribution is -2.37. The number of rotatable bonds is 27. The van der Waals surface area contributed by atoms with Crippen LogP contribution in [-0.2, 0) is 28.5 Å². The number of amides is 1. The fraction of sp³-hybridized carbons (Fsp3) is 0.657. The Balaban J connectivity index is 1.16. The maximum atomic E-state index is 12.3. The number of unbranched alkanes of at least 4 members (excludes halogenated alkanes) is 2. The summed E-state index contributed by atoms with van der Waals surface area (Å²) in [7, 11) is 1.89. The Hall–Kier alpha value is -3.00. The molecule has 1 saturated carbocycles. The second-order valence-electron chi connectivity index (χ2n) is 11.8. The number of carbonyl (C=O) groups excluding carboxylic acids is 2. The molecule has 2 aromatic rings. The van der Waals surface area contributed by atoms with Crippen LogP contribution in [0.4, 0.5) is 17.5 Å². The number of hydrogen-bond acceptors (Lipinski definition) is 11. The fourth-order valence-electron chi connectivity index (χ4n) is 4.67. The van der Waals surface area contributed by atoms with Crippen molar-refractivity contribution in [3.05, 3.63) is 34.9 Å². The molecule has 1 aliphatic carbocycles. The van der Waals surface area contributed by atoms with Crippen molar-refractivity contribution in [1.82, 2.24) is 14.9 Å². The molecule has 1 aliphatic rings. The lowest BCUT2D eigenvalue weighted by atomic mass is 9.84. The first-order valence-electron chi connectivity index (χ1n) is 17.4. The number of nitrogens with one attached hydrogen (secondary N) is 2. The van der Waals surface area contributed by atoms with Gasteiger partial charge < -0.3 is 39.2 Å². The van der Waals surface area contributed by atoms with Crippen LogP contribution in [0, 0.1) is 5.92 Å². The van der Waals surface area contributed by atoms with E-state index < -0.39 is 0 Å². The third kappa shape index (κ3) is 16.4. The molecule has 0 spiro atoms. The Morgan fingerprint density at radius 1 is 0.896 bits per heavy atom. The molecule has 13 heteroatoms. The van der Waals surface area contributed by atoms with E-state index in [0.29, 0.717) is 64.6 Å². The smallest absolute Gasteiger partial charge is 0.332 e. The number of esters is 1. The summed E-state index contributed by atoms with van der Waals surface area (Å²) in [5.41, 5.74) is 0.854. The highest BCUT2D eigenvalue weighted by molar-refractivity contribution is 9.10. The topological polar surface area (TPSA) is 133 Å². The van der Waals surface area contributed by atoms with Gasteiger partial charge in [0.1, 0.15) is 18.2 Å². The summed E-state index contributed by atoms with van der Waals surface area (Å²) in [6, 6.07) is 7.69. The maximum absolute atomic E-state index is 12.3. The molecule has 0 saturated heterocycles. The molecule has 0 atom stereocenters. The zero-order chi connectivity index (χ0) is 34.2. The summed E-state index contributed by atoms with van der Waals surface area (Å²) in [6.07, 6.45) is 11.1. The number of carbonyl (C=O) groups is 2. The van der Waals surface area contributed by atoms with E-state index in [1.807, 2.05) is 36.2 Å². The number of ether oxygens (including phenoxy) is 5. The molecule has 1 heterocycles. The summed E-state index contributed by atoms with van der Waals surface area (Å²) < 4.78 is 28.3. The summed E-state index contributed by atoms with van der Waals surface area (Å²) in [4.78, 5) is 34.6. The van der Waals surface area contributed by atoms with Gasteiger partial charge in [0.05, 0.1) is 17.7 Å². The van der Waals surface area contributed by atoms with Crippen LogP contribution in [0.5, 0.6) is 5.75 Å². The normalized spacial score (nSPS) is 12.7. The first-order valence-corrected chi connectivity index (χ1v) is 18.2. The van der Waals surface area contributed by atoms with Crippen molar-refractivity contribution in [2.75, 3.05) is 83.6 Å². The first-order chi connectivity index (χ1) is 23.5. The molecule has 0 aliphatic heterocycles. The highest BCUT2D eigenvalue weighted by atomic mass is 79.9. The van der Waals surface area contributed by atoms with E-state index in [0.717, 1.165) is 80.2 Å². The van der Waals surface area contributed by atoms with E-state index in [4.69, 9.17) is 23.7 Å². The second-order valence-corrected chi connectivity index (χ2v) is 12.7. The highest BCUT2D eigenvalue weighted by Crippen LogP contribution is 2.28. The van der Waals surface area contributed by atoms with Gasteiger partial charge in [0.15, 0.2) is 0 Å². The maximum Gasteiger partial charge on any atom is 0.332 e. The molecule has 2 N–H and O–H groups in total. The van der Waals surface area contributed by atoms with Gasteiger partial charge in [-0.25, -0.2) is 9.78 Å². The Labute approximate surface area is 294 Å². The fourth-order valence-corrected chi connectivity index (χ4v) is 5.00. The van der Waals surface area contributed by atoms with Crippen LogP contribution in [0.1, 0.15) is 71.1 Å². The second kappa shape index (κ2) is 24.2. The van der Waals surface area contributed by atoms with Crippen LogP contribution in [0.25, 0.3) is 0 Å². The largest absolute Gasteiger partial charge is 0.494 e. The number of aromatic nitrogens is 2. The Morgan fingerprint density at radius 3 is 2.27 bits per heavy atom. The molecule has 0 unspecified atom stereocenters. The molecule has 12 nitrogen and oxygen atoms in total. The molecule has 0 radical (unpaired) electrons. The molecular weight excluding hydrogens is 682 g/mol. The van der Waals surface area contributed by atoms with Crippen molar-refractivity contribution >= 4 is 45.3 Å². The minimum absolute atomic E-state index is 0.00444. The summed E-state index contributed by atoms with van der Waals surface area (Å²) >= 11 is 3.52. The lowest BCUT2D eigenvalue weighted by molar-refractivity contribution is -0.149. The minimum Gasteiger partial charge on any atom is -0.494 e. The van der Waals surface area contributed by atoms with Crippen molar-refractivity contribution in [3.8, 4) is 5.75 Å². The van der Waals surface area contributed by atoms with Gasteiger partial charge in [-0.1, -0.05) is 19.8 Å². The molecule has 48 heavy (non-hydrogen) atoms. The molecule has 0 bridgehead atoms. The molecular formula is C35H54BrN5O7. The monoisotopic (exact) mass is 735 g/mol. The predicted octanol–water partition coefficient (Wildman–Crippen LogP) is 6.38. The van der Waals surface area contributed by atoms with E-state index in [2.05, 4.69) is 43.5 Å². The molecule has 1 fully saturated rings. The van der Waals surface area contributed by atoms with Crippen LogP contribution in [0.15, 0.2) is 34.9 Å². The molecule has 3 rings (SSSR count). The lowest BCUT2D eigenvalue weighted by Gasteiger charge is -2.29. The SMILES string of the molecule is CCCCOC(=O)COCCCOCCCCOCCCOc1ccc(Nc2ncc(Br)c(NCCCN(C)C(=O)C3CCC3)n2)cc1. The van der Waals surface area contributed by atoms with E-state index in [1.165, 1.54) is 6.42 Å². The van der Waals surface area contributed by atoms with Gasteiger partial charge in [0, 0.05) is 77.4 Å². The summed E-state index contributed by atoms with van der Waals surface area (Å²) in [5, 5.41) is 6.58. The van der Waals surface area contributed by atoms with Gasteiger partial charge in [-0.05, 0) is 85.1 Å². The quantitative estimate of drug-likeness (QED) is 0.0783. The highest BCUT2D eigenvalue weighted by Gasteiger charge is 2.27. The van der Waals surface area contributed by atoms with Gasteiger partial charge >= 0.3 is 5.97 Å². The van der Waals surface area contributed by atoms with Crippen LogP contribution in [-0.4, -0.2) is 99.7 Å². The first kappa shape index (κ1) is 39.4.